The van der Waals surface area contributed by atoms with Crippen molar-refractivity contribution in [1.29, 1.82) is 0 Å². The van der Waals surface area contributed by atoms with Crippen molar-refractivity contribution in [2.75, 3.05) is 63.9 Å². The fourth-order valence-electron chi connectivity index (χ4n) is 9.03. The lowest BCUT2D eigenvalue weighted by Gasteiger charge is -2.35. The Balaban J connectivity index is 1.03. The van der Waals surface area contributed by atoms with Gasteiger partial charge in [0.2, 0.25) is 0 Å². The van der Waals surface area contributed by atoms with Gasteiger partial charge in [-0.1, -0.05) is 87.8 Å². The molecular formula is C51H65N5O10Si2. The average molecular weight is 964 g/mol. The normalized spacial score (nSPS) is 18.0. The Morgan fingerprint density at radius 3 is 1.32 bits per heavy atom. The first-order valence-electron chi connectivity index (χ1n) is 23.4. The van der Waals surface area contributed by atoms with Crippen LogP contribution in [0.5, 0.6) is 23.0 Å². The van der Waals surface area contributed by atoms with Gasteiger partial charge in [-0.15, -0.1) is 0 Å². The summed E-state index contributed by atoms with van der Waals surface area (Å²) in [5, 5.41) is 0. The van der Waals surface area contributed by atoms with Crippen LogP contribution in [0.1, 0.15) is 43.0 Å². The lowest BCUT2D eigenvalue weighted by Crippen LogP contribution is -2.51. The molecule has 2 N–H and O–H groups in total. The lowest BCUT2D eigenvalue weighted by molar-refractivity contribution is -0.125. The first-order valence-corrected chi connectivity index (χ1v) is 30.8. The molecule has 0 bridgehead atoms. The Labute approximate surface area is 401 Å². The van der Waals surface area contributed by atoms with E-state index in [1.807, 2.05) is 48.5 Å². The Bertz CT molecular complexity index is 2390. The van der Waals surface area contributed by atoms with Crippen molar-refractivity contribution < 1.29 is 47.6 Å². The highest BCUT2D eigenvalue weighted by molar-refractivity contribution is 6.76. The molecule has 0 spiro atoms. The molecule has 8 rings (SSSR count). The average Bonchev–Trinajstić information content (AvgIpc) is 3.44. The molecular weight excluding hydrogens is 899 g/mol. The predicted molar refractivity (Wildman–Crippen MR) is 265 cm³/mol. The van der Waals surface area contributed by atoms with Gasteiger partial charge in [0.1, 0.15) is 38.8 Å². The van der Waals surface area contributed by atoms with E-state index in [0.717, 1.165) is 34.3 Å². The van der Waals surface area contributed by atoms with Crippen LogP contribution >= 0.6 is 0 Å². The zero-order valence-corrected chi connectivity index (χ0v) is 42.6. The zero-order valence-electron chi connectivity index (χ0n) is 40.6. The second kappa shape index (κ2) is 20.1. The summed E-state index contributed by atoms with van der Waals surface area (Å²) < 4.78 is 36.6. The van der Waals surface area contributed by atoms with Gasteiger partial charge in [0.15, 0.2) is 23.0 Å². The van der Waals surface area contributed by atoms with Crippen molar-refractivity contribution in [3.63, 3.8) is 0 Å². The minimum Gasteiger partial charge on any atom is -0.493 e. The van der Waals surface area contributed by atoms with Crippen molar-refractivity contribution in [3.05, 3.63) is 106 Å². The summed E-state index contributed by atoms with van der Waals surface area (Å²) in [6.45, 7) is 15.0. The van der Waals surface area contributed by atoms with Crippen LogP contribution in [0.2, 0.25) is 51.4 Å². The summed E-state index contributed by atoms with van der Waals surface area (Å²) in [5.41, 5.74) is 12.1. The number of hydrogen-bond donors (Lipinski definition) is 1. The largest absolute Gasteiger partial charge is 0.493 e. The van der Waals surface area contributed by atoms with Gasteiger partial charge in [0.25, 0.3) is 23.6 Å². The van der Waals surface area contributed by atoms with Crippen molar-refractivity contribution in [2.45, 2.75) is 95.4 Å². The summed E-state index contributed by atoms with van der Waals surface area (Å²) in [5.74, 6) is 0.0869. The number of carbonyl (C=O) groups is 4. The Morgan fingerprint density at radius 2 is 0.956 bits per heavy atom. The number of nitrogens with zero attached hydrogens (tertiary/aromatic N) is 4. The van der Waals surface area contributed by atoms with Crippen LogP contribution in [0, 0.1) is 0 Å². The number of nitrogens with two attached hydrogens (primary N) is 1. The van der Waals surface area contributed by atoms with Gasteiger partial charge < -0.3 is 44.0 Å². The maximum absolute atomic E-state index is 14.6. The van der Waals surface area contributed by atoms with E-state index in [1.54, 1.807) is 43.9 Å². The molecule has 362 valence electrons. The molecule has 0 fully saturated rings. The monoisotopic (exact) mass is 963 g/mol. The molecule has 17 heteroatoms. The van der Waals surface area contributed by atoms with E-state index in [1.165, 1.54) is 14.2 Å². The van der Waals surface area contributed by atoms with E-state index in [-0.39, 0.29) is 61.8 Å². The molecule has 2 atom stereocenters. The van der Waals surface area contributed by atoms with Crippen molar-refractivity contribution >= 4 is 51.2 Å². The van der Waals surface area contributed by atoms with E-state index < -0.39 is 34.3 Å². The standard InChI is InChI=1S/C51H65N5O10Si2/c1-61-44-23-38-40(55(31-63-17-19-67(3,4)5)50(59)42-21-33-13-9-11-15-35(33)27-53(42)48(38)57)25-46(44)65-29-37(52)30-66-47-26-41-39(24-45(47)62-2)49(58)54-28-36-16-12-10-14-34(36)22-43(54)51(60)56(41)32-64-18-20-68(6,7)8/h9-16,23-26,37,42-43H,17-22,27-32,52H2,1-8H3/t42-,43-/m0/s1. The highest BCUT2D eigenvalue weighted by Gasteiger charge is 2.45. The second-order valence-corrected chi connectivity index (χ2v) is 31.7. The summed E-state index contributed by atoms with van der Waals surface area (Å²) in [6, 6.07) is 22.0. The van der Waals surface area contributed by atoms with Crippen LogP contribution in [0.25, 0.3) is 0 Å². The smallest absolute Gasteiger partial charge is 0.257 e. The second-order valence-electron chi connectivity index (χ2n) is 20.5. The number of carbonyl (C=O) groups excluding carboxylic acids is 4. The van der Waals surface area contributed by atoms with E-state index in [2.05, 4.69) is 39.3 Å². The third-order valence-corrected chi connectivity index (χ3v) is 16.5. The van der Waals surface area contributed by atoms with E-state index in [9.17, 15) is 19.2 Å². The molecule has 15 nitrogen and oxygen atoms in total. The van der Waals surface area contributed by atoms with Gasteiger partial charge in [0, 0.05) is 67.4 Å². The van der Waals surface area contributed by atoms with Crippen LogP contribution in [0.4, 0.5) is 11.4 Å². The maximum atomic E-state index is 14.6. The molecule has 68 heavy (non-hydrogen) atoms. The highest BCUT2D eigenvalue weighted by atomic mass is 28.3. The van der Waals surface area contributed by atoms with Crippen molar-refractivity contribution in [3.8, 4) is 23.0 Å². The number of hydrogen-bond acceptors (Lipinski definition) is 11. The lowest BCUT2D eigenvalue weighted by atomic mass is 9.93. The number of benzene rings is 4. The van der Waals surface area contributed by atoms with E-state index >= 15 is 0 Å². The quantitative estimate of drug-likeness (QED) is 0.0813. The van der Waals surface area contributed by atoms with Crippen LogP contribution in [0.15, 0.2) is 72.8 Å². The Morgan fingerprint density at radius 1 is 0.574 bits per heavy atom. The summed E-state index contributed by atoms with van der Waals surface area (Å²) >= 11 is 0. The SMILES string of the molecule is COc1cc2c(cc1OCC(N)COc1cc3c(cc1OC)C(=O)N1Cc4ccccc4C[C@H]1C(=O)N3COCC[Si](C)(C)C)N(COCC[Si](C)(C)C)C(=O)[C@@H]1Cc3ccccc3CN1C2=O. The minimum atomic E-state index is -1.44. The zero-order chi connectivity index (χ0) is 48.5. The molecule has 0 aromatic heterocycles. The molecule has 0 saturated carbocycles. The summed E-state index contributed by atoms with van der Waals surface area (Å²) in [7, 11) is 0.115. The van der Waals surface area contributed by atoms with Gasteiger partial charge in [-0.2, -0.15) is 0 Å². The predicted octanol–water partition coefficient (Wildman–Crippen LogP) is 6.94. The molecule has 4 aliphatic heterocycles. The number of rotatable bonds is 18. The Kier molecular flexibility index (Phi) is 14.4. The topological polar surface area (TPSA) is 163 Å². The maximum Gasteiger partial charge on any atom is 0.257 e. The molecule has 4 aromatic carbocycles. The fraction of sp³-hybridized carbons (Fsp3) is 0.451. The van der Waals surface area contributed by atoms with Crippen molar-refractivity contribution in [2.24, 2.45) is 5.73 Å². The molecule has 4 aliphatic rings. The number of methoxy groups -OCH3 is 2. The van der Waals surface area contributed by atoms with Gasteiger partial charge in [-0.05, 0) is 46.5 Å². The molecule has 4 heterocycles. The molecule has 0 saturated heterocycles. The van der Waals surface area contributed by atoms with Gasteiger partial charge in [-0.3, -0.25) is 29.0 Å². The van der Waals surface area contributed by atoms with Crippen LogP contribution in [0.3, 0.4) is 0 Å². The molecule has 0 aliphatic carbocycles. The summed E-state index contributed by atoms with van der Waals surface area (Å²) in [6.07, 6.45) is 0.769. The van der Waals surface area contributed by atoms with Crippen LogP contribution < -0.4 is 34.5 Å². The van der Waals surface area contributed by atoms with Crippen molar-refractivity contribution in [1.82, 2.24) is 9.80 Å². The van der Waals surface area contributed by atoms with Gasteiger partial charge >= 0.3 is 0 Å². The highest BCUT2D eigenvalue weighted by Crippen LogP contribution is 2.42. The van der Waals surface area contributed by atoms with Crippen LogP contribution in [-0.2, 0) is 45.0 Å². The molecule has 0 radical (unpaired) electrons. The third-order valence-electron chi connectivity index (χ3n) is 13.1. The fourth-order valence-corrected chi connectivity index (χ4v) is 10.5. The summed E-state index contributed by atoms with van der Waals surface area (Å²) in [4.78, 5) is 64.4. The van der Waals surface area contributed by atoms with E-state index in [0.29, 0.717) is 73.1 Å². The molecule has 4 aromatic rings. The molecule has 0 unspecified atom stereocenters. The van der Waals surface area contributed by atoms with E-state index in [4.69, 9.17) is 34.2 Å². The number of fused-ring (bicyclic) bond motifs is 6. The third kappa shape index (κ3) is 10.5. The first-order chi connectivity index (χ1) is 32.4. The van der Waals surface area contributed by atoms with Gasteiger partial charge in [-0.25, -0.2) is 0 Å². The number of amides is 4. The number of anilines is 2. The van der Waals surface area contributed by atoms with Crippen LogP contribution in [-0.4, -0.2) is 122 Å². The minimum absolute atomic E-state index is 0.0388. The number of ether oxygens (including phenoxy) is 6. The van der Waals surface area contributed by atoms with Gasteiger partial charge in [0.05, 0.1) is 42.8 Å². The molecule has 4 amide bonds. The first kappa shape index (κ1) is 48.7. The Hall–Kier alpha value is -5.73.